The number of allylic oxidation sites excluding steroid dienone is 1. The lowest BCUT2D eigenvalue weighted by molar-refractivity contribution is 0.104. The van der Waals surface area contributed by atoms with Gasteiger partial charge in [0.1, 0.15) is 12.4 Å². The van der Waals surface area contributed by atoms with E-state index in [2.05, 4.69) is 12.6 Å². The van der Waals surface area contributed by atoms with E-state index in [1.54, 1.807) is 54.6 Å². The first kappa shape index (κ1) is 16.5. The average Bonchev–Trinajstić information content (AvgIpc) is 2.58. The Morgan fingerprint density at radius 1 is 1.17 bits per heavy atom. The van der Waals surface area contributed by atoms with Crippen molar-refractivity contribution in [2.45, 2.75) is 0 Å². The highest BCUT2D eigenvalue weighted by molar-refractivity contribution is 6.29. The molecule has 2 aromatic carbocycles. The molecule has 0 heterocycles. The summed E-state index contributed by atoms with van der Waals surface area (Å²) >= 11 is 5.63. The van der Waals surface area contributed by atoms with Crippen molar-refractivity contribution in [2.24, 2.45) is 0 Å². The van der Waals surface area contributed by atoms with E-state index in [4.69, 9.17) is 21.6 Å². The molecule has 0 aliphatic carbocycles. The monoisotopic (exact) mass is 323 g/mol. The highest BCUT2D eigenvalue weighted by Crippen LogP contribution is 2.15. The van der Waals surface area contributed by atoms with Gasteiger partial charge in [-0.3, -0.25) is 4.79 Å². The Morgan fingerprint density at radius 2 is 1.83 bits per heavy atom. The lowest BCUT2D eigenvalue weighted by Gasteiger charge is -2.04. The van der Waals surface area contributed by atoms with Gasteiger partial charge in [-0.1, -0.05) is 36.4 Å². The van der Waals surface area contributed by atoms with Crippen molar-refractivity contribution in [2.75, 3.05) is 6.61 Å². The second-order valence-corrected chi connectivity index (χ2v) is 5.30. The molecular weight excluding hydrogens is 310 g/mol. The molecule has 0 atom stereocenters. The normalized spacial score (nSPS) is 10.3. The zero-order valence-corrected chi connectivity index (χ0v) is 13.1. The van der Waals surface area contributed by atoms with Gasteiger partial charge in [-0.05, 0) is 48.0 Å². The zero-order valence-electron chi connectivity index (χ0n) is 12.3. The molecule has 23 heavy (non-hydrogen) atoms. The van der Waals surface area contributed by atoms with Crippen LogP contribution in [0, 0.1) is 11.3 Å². The van der Waals surface area contributed by atoms with E-state index in [0.717, 1.165) is 5.56 Å². The van der Waals surface area contributed by atoms with Crippen molar-refractivity contribution in [1.29, 1.82) is 5.26 Å². The van der Waals surface area contributed by atoms with Crippen LogP contribution in [0.5, 0.6) is 5.75 Å². The number of carbonyl (C=O) groups excluding carboxylic acids is 1. The van der Waals surface area contributed by atoms with Crippen LogP contribution in [0.25, 0.3) is 6.08 Å². The fourth-order valence-corrected chi connectivity index (χ4v) is 1.87. The van der Waals surface area contributed by atoms with Crippen molar-refractivity contribution in [1.82, 2.24) is 0 Å². The molecule has 0 saturated heterocycles. The number of hydrogen-bond acceptors (Lipinski definition) is 3. The van der Waals surface area contributed by atoms with Gasteiger partial charge in [0, 0.05) is 10.6 Å². The van der Waals surface area contributed by atoms with Crippen molar-refractivity contribution < 1.29 is 9.53 Å². The first-order valence-electron chi connectivity index (χ1n) is 6.87. The molecule has 114 valence electrons. The summed E-state index contributed by atoms with van der Waals surface area (Å²) in [5, 5.41) is 9.15. The SMILES string of the molecule is C=C(Cl)COc1ccc(C(=O)C=Cc2ccc(C#N)cc2)cc1. The van der Waals surface area contributed by atoms with Crippen LogP contribution in [0.1, 0.15) is 21.5 Å². The maximum Gasteiger partial charge on any atom is 0.185 e. The lowest BCUT2D eigenvalue weighted by atomic mass is 10.1. The molecule has 2 aromatic rings. The molecule has 0 radical (unpaired) electrons. The Kier molecular flexibility index (Phi) is 5.74. The van der Waals surface area contributed by atoms with Crippen molar-refractivity contribution >= 4 is 23.5 Å². The molecule has 3 nitrogen and oxygen atoms in total. The third kappa shape index (κ3) is 5.14. The summed E-state index contributed by atoms with van der Waals surface area (Å²) in [7, 11) is 0. The van der Waals surface area contributed by atoms with E-state index in [1.807, 2.05) is 0 Å². The molecule has 0 unspecified atom stereocenters. The second kappa shape index (κ2) is 7.98. The minimum Gasteiger partial charge on any atom is -0.488 e. The largest absolute Gasteiger partial charge is 0.488 e. The Morgan fingerprint density at radius 3 is 2.39 bits per heavy atom. The number of halogens is 1. The summed E-state index contributed by atoms with van der Waals surface area (Å²) < 4.78 is 5.37. The van der Waals surface area contributed by atoms with Crippen LogP contribution in [0.3, 0.4) is 0 Å². The van der Waals surface area contributed by atoms with Crippen molar-refractivity contribution in [3.05, 3.63) is 82.9 Å². The Hall–Kier alpha value is -2.83. The topological polar surface area (TPSA) is 50.1 Å². The maximum absolute atomic E-state index is 12.1. The molecule has 0 amide bonds. The number of rotatable bonds is 6. The summed E-state index contributed by atoms with van der Waals surface area (Å²) in [6.45, 7) is 3.77. The maximum atomic E-state index is 12.1. The first-order chi connectivity index (χ1) is 11.1. The number of ether oxygens (including phenoxy) is 1. The Labute approximate surface area is 140 Å². The molecule has 0 saturated carbocycles. The average molecular weight is 324 g/mol. The van der Waals surface area contributed by atoms with Gasteiger partial charge in [0.25, 0.3) is 0 Å². The molecular formula is C19H14ClNO2. The van der Waals surface area contributed by atoms with Crippen LogP contribution in [-0.4, -0.2) is 12.4 Å². The summed E-state index contributed by atoms with van der Waals surface area (Å²) in [6, 6.07) is 15.9. The van der Waals surface area contributed by atoms with Crippen LogP contribution in [0.15, 0.2) is 66.2 Å². The van der Waals surface area contributed by atoms with E-state index in [0.29, 0.717) is 21.9 Å². The third-order valence-corrected chi connectivity index (χ3v) is 3.11. The quantitative estimate of drug-likeness (QED) is 0.577. The predicted molar refractivity (Wildman–Crippen MR) is 91.5 cm³/mol. The molecule has 0 N–H and O–H groups in total. The summed E-state index contributed by atoms with van der Waals surface area (Å²) in [6.07, 6.45) is 3.21. The number of benzene rings is 2. The fourth-order valence-electron chi connectivity index (χ4n) is 1.81. The van der Waals surface area contributed by atoms with Gasteiger partial charge in [-0.2, -0.15) is 5.26 Å². The summed E-state index contributed by atoms with van der Waals surface area (Å²) in [5.74, 6) is 0.516. The van der Waals surface area contributed by atoms with E-state index in [9.17, 15) is 4.79 Å². The zero-order chi connectivity index (χ0) is 16.7. The number of ketones is 1. The van der Waals surface area contributed by atoms with Gasteiger partial charge in [-0.15, -0.1) is 0 Å². The van der Waals surface area contributed by atoms with Crippen molar-refractivity contribution in [3.63, 3.8) is 0 Å². The number of hydrogen-bond donors (Lipinski definition) is 0. The van der Waals surface area contributed by atoms with Gasteiger partial charge < -0.3 is 4.74 Å². The summed E-state index contributed by atoms with van der Waals surface area (Å²) in [4.78, 5) is 12.1. The van der Waals surface area contributed by atoms with Crippen LogP contribution in [0.2, 0.25) is 0 Å². The van der Waals surface area contributed by atoms with Gasteiger partial charge in [-0.25, -0.2) is 0 Å². The second-order valence-electron chi connectivity index (χ2n) is 4.76. The number of nitriles is 1. The highest BCUT2D eigenvalue weighted by atomic mass is 35.5. The number of carbonyl (C=O) groups is 1. The van der Waals surface area contributed by atoms with E-state index in [-0.39, 0.29) is 12.4 Å². The third-order valence-electron chi connectivity index (χ3n) is 3.00. The standard InChI is InChI=1S/C19H14ClNO2/c1-14(20)13-23-18-9-7-17(8-10-18)19(22)11-6-15-2-4-16(12-21)5-3-15/h2-11H,1,13H2. The molecule has 0 fully saturated rings. The minimum absolute atomic E-state index is 0.109. The number of nitrogens with zero attached hydrogens (tertiary/aromatic N) is 1. The molecule has 0 spiro atoms. The molecule has 0 bridgehead atoms. The lowest BCUT2D eigenvalue weighted by Crippen LogP contribution is -1.98. The van der Waals surface area contributed by atoms with E-state index >= 15 is 0 Å². The van der Waals surface area contributed by atoms with Crippen LogP contribution in [0.4, 0.5) is 0 Å². The smallest absolute Gasteiger partial charge is 0.185 e. The van der Waals surface area contributed by atoms with Crippen LogP contribution >= 0.6 is 11.6 Å². The molecule has 0 aliphatic rings. The van der Waals surface area contributed by atoms with Crippen molar-refractivity contribution in [3.8, 4) is 11.8 Å². The Bertz CT molecular complexity index is 769. The minimum atomic E-state index is -0.109. The highest BCUT2D eigenvalue weighted by Gasteiger charge is 2.02. The van der Waals surface area contributed by atoms with E-state index < -0.39 is 0 Å². The van der Waals surface area contributed by atoms with Crippen LogP contribution < -0.4 is 4.74 Å². The molecule has 4 heteroatoms. The van der Waals surface area contributed by atoms with Gasteiger partial charge in [0.2, 0.25) is 0 Å². The Balaban J connectivity index is 2.00. The van der Waals surface area contributed by atoms with Gasteiger partial charge in [0.05, 0.1) is 11.6 Å². The molecule has 0 aromatic heterocycles. The summed E-state index contributed by atoms with van der Waals surface area (Å²) in [5.41, 5.74) is 2.01. The molecule has 2 rings (SSSR count). The van der Waals surface area contributed by atoms with E-state index in [1.165, 1.54) is 6.08 Å². The van der Waals surface area contributed by atoms with Crippen LogP contribution in [-0.2, 0) is 0 Å². The fraction of sp³-hybridized carbons (Fsp3) is 0.0526. The predicted octanol–water partition coefficient (Wildman–Crippen LogP) is 4.59. The van der Waals surface area contributed by atoms with Gasteiger partial charge >= 0.3 is 0 Å². The van der Waals surface area contributed by atoms with Gasteiger partial charge in [0.15, 0.2) is 5.78 Å². The molecule has 0 aliphatic heterocycles. The first-order valence-corrected chi connectivity index (χ1v) is 7.25.